The molecule has 0 saturated heterocycles. The quantitative estimate of drug-likeness (QED) is 0.195. The number of halogens is 2. The number of nitrogens with one attached hydrogen (secondary N) is 2. The number of allylic oxidation sites excluding steroid dienone is 1. The predicted octanol–water partition coefficient (Wildman–Crippen LogP) is 5.68. The number of carbonyl (C=O) groups excluding carboxylic acids is 2. The van der Waals surface area contributed by atoms with Crippen molar-refractivity contribution in [3.8, 4) is 5.75 Å². The molecule has 0 aliphatic rings. The van der Waals surface area contributed by atoms with E-state index in [0.717, 1.165) is 0 Å². The van der Waals surface area contributed by atoms with Crippen LogP contribution in [-0.4, -0.2) is 22.3 Å². The number of hydrogen-bond donors (Lipinski definition) is 4. The van der Waals surface area contributed by atoms with E-state index in [2.05, 4.69) is 37.2 Å². The second kappa shape index (κ2) is 11.7. The van der Waals surface area contributed by atoms with Crippen LogP contribution in [0, 0.1) is 5.92 Å². The van der Waals surface area contributed by atoms with E-state index >= 15 is 0 Å². The van der Waals surface area contributed by atoms with Gasteiger partial charge in [0, 0.05) is 21.8 Å². The van der Waals surface area contributed by atoms with Gasteiger partial charge in [0.2, 0.25) is 0 Å². The minimum absolute atomic E-state index is 0.0160. The molecule has 4 N–H and O–H groups in total. The van der Waals surface area contributed by atoms with Gasteiger partial charge in [0.25, 0.3) is 5.91 Å². The van der Waals surface area contributed by atoms with Crippen molar-refractivity contribution < 1.29 is 24.6 Å². The Labute approximate surface area is 191 Å². The Morgan fingerprint density at radius 1 is 1.20 bits per heavy atom. The molecule has 2 aromatic rings. The topological polar surface area (TPSA) is 108 Å². The maximum Gasteiger partial charge on any atom is 0.412 e. The zero-order chi connectivity index (χ0) is 22.1. The maximum absolute atomic E-state index is 12.5. The van der Waals surface area contributed by atoms with Crippen molar-refractivity contribution in [1.82, 2.24) is 5.48 Å². The van der Waals surface area contributed by atoms with Crippen LogP contribution in [0.4, 0.5) is 10.5 Å². The molecule has 160 valence electrons. The van der Waals surface area contributed by atoms with E-state index in [1.165, 1.54) is 11.6 Å². The highest BCUT2D eigenvalue weighted by molar-refractivity contribution is 9.11. The lowest BCUT2D eigenvalue weighted by molar-refractivity contribution is -0.124. The van der Waals surface area contributed by atoms with Gasteiger partial charge < -0.3 is 9.84 Å². The third kappa shape index (κ3) is 7.16. The number of para-hydroxylation sites is 1. The van der Waals surface area contributed by atoms with Gasteiger partial charge in [0.1, 0.15) is 11.9 Å². The van der Waals surface area contributed by atoms with Crippen LogP contribution in [0.1, 0.15) is 31.4 Å². The summed E-state index contributed by atoms with van der Waals surface area (Å²) in [6, 6.07) is 12.3. The van der Waals surface area contributed by atoms with Crippen molar-refractivity contribution >= 4 is 49.5 Å². The summed E-state index contributed by atoms with van der Waals surface area (Å²) in [7, 11) is 0. The number of phenolic OH excluding ortho intramolecular Hbond substituents is 1. The lowest BCUT2D eigenvalue weighted by Crippen LogP contribution is -2.22. The molecule has 2 atom stereocenters. The first-order chi connectivity index (χ1) is 14.3. The molecular formula is C21H22Br2N2O5. The minimum Gasteiger partial charge on any atom is -0.506 e. The second-order valence-electron chi connectivity index (χ2n) is 6.58. The molecule has 0 spiro atoms. The van der Waals surface area contributed by atoms with Crippen LogP contribution in [0.15, 0.2) is 63.6 Å². The Bertz CT molecular complexity index is 906. The molecule has 0 aliphatic carbocycles. The molecule has 2 aromatic carbocycles. The molecule has 0 heterocycles. The van der Waals surface area contributed by atoms with E-state index in [9.17, 15) is 14.7 Å². The second-order valence-corrected chi connectivity index (χ2v) is 8.35. The van der Waals surface area contributed by atoms with Gasteiger partial charge in [0.15, 0.2) is 0 Å². The summed E-state index contributed by atoms with van der Waals surface area (Å²) in [6.07, 6.45) is 2.50. The van der Waals surface area contributed by atoms with E-state index < -0.39 is 18.1 Å². The summed E-state index contributed by atoms with van der Waals surface area (Å²) in [6.45, 7) is 1.88. The lowest BCUT2D eigenvalue weighted by atomic mass is 9.92. The van der Waals surface area contributed by atoms with Crippen LogP contribution in [0.25, 0.3) is 0 Å². The van der Waals surface area contributed by atoms with Crippen molar-refractivity contribution in [2.75, 3.05) is 5.32 Å². The van der Waals surface area contributed by atoms with Crippen molar-refractivity contribution in [1.29, 1.82) is 0 Å². The van der Waals surface area contributed by atoms with Gasteiger partial charge in [-0.25, -0.2) is 10.3 Å². The summed E-state index contributed by atoms with van der Waals surface area (Å²) in [5, 5.41) is 21.8. The standard InChI is InChI=1S/C21H22Br2N2O5/c1-13(7-5-6-10-18(26)25-29)20(16-11-14(22)12-17(23)19(16)27)30-21(28)24-15-8-3-2-4-9-15/h2-4,6,8-13,20,27,29H,5,7H2,1H3,(H,24,28)(H,25,26)/b10-6+/t13-,20-/m1/s1. The number of amides is 2. The van der Waals surface area contributed by atoms with E-state index in [1.807, 2.05) is 13.0 Å². The summed E-state index contributed by atoms with van der Waals surface area (Å²) < 4.78 is 6.88. The molecule has 0 aromatic heterocycles. The van der Waals surface area contributed by atoms with E-state index in [-0.39, 0.29) is 11.7 Å². The molecule has 7 nitrogen and oxygen atoms in total. The summed E-state index contributed by atoms with van der Waals surface area (Å²) in [4.78, 5) is 23.6. The molecule has 0 radical (unpaired) electrons. The molecule has 0 saturated carbocycles. The molecule has 0 unspecified atom stereocenters. The fourth-order valence-electron chi connectivity index (χ4n) is 2.81. The third-order valence-corrected chi connectivity index (χ3v) is 5.37. The first-order valence-corrected chi connectivity index (χ1v) is 10.7. The van der Waals surface area contributed by atoms with Crippen molar-refractivity contribution in [2.45, 2.75) is 25.9 Å². The van der Waals surface area contributed by atoms with Gasteiger partial charge >= 0.3 is 6.09 Å². The van der Waals surface area contributed by atoms with E-state index in [1.54, 1.807) is 42.5 Å². The van der Waals surface area contributed by atoms with Gasteiger partial charge in [-0.2, -0.15) is 0 Å². The average molecular weight is 542 g/mol. The Balaban J connectivity index is 2.20. The lowest BCUT2D eigenvalue weighted by Gasteiger charge is -2.26. The molecule has 0 bridgehead atoms. The van der Waals surface area contributed by atoms with Crippen LogP contribution in [0.5, 0.6) is 5.75 Å². The smallest absolute Gasteiger partial charge is 0.412 e. The Morgan fingerprint density at radius 3 is 2.57 bits per heavy atom. The number of rotatable bonds is 8. The number of anilines is 1. The Morgan fingerprint density at radius 2 is 1.90 bits per heavy atom. The van der Waals surface area contributed by atoms with Gasteiger partial charge in [0.05, 0.1) is 4.47 Å². The predicted molar refractivity (Wildman–Crippen MR) is 120 cm³/mol. The zero-order valence-electron chi connectivity index (χ0n) is 16.1. The number of aromatic hydroxyl groups is 1. The van der Waals surface area contributed by atoms with Gasteiger partial charge in [-0.05, 0) is 59.0 Å². The third-order valence-electron chi connectivity index (χ3n) is 4.30. The fraction of sp³-hybridized carbons (Fsp3) is 0.238. The fourth-order valence-corrected chi connectivity index (χ4v) is 4.07. The van der Waals surface area contributed by atoms with Gasteiger partial charge in [-0.15, -0.1) is 0 Å². The van der Waals surface area contributed by atoms with Crippen LogP contribution in [0.3, 0.4) is 0 Å². The summed E-state index contributed by atoms with van der Waals surface area (Å²) >= 11 is 6.70. The van der Waals surface area contributed by atoms with Gasteiger partial charge in [-0.1, -0.05) is 47.1 Å². The van der Waals surface area contributed by atoms with Crippen molar-refractivity contribution in [2.24, 2.45) is 5.92 Å². The molecule has 2 rings (SSSR count). The summed E-state index contributed by atoms with van der Waals surface area (Å²) in [5.74, 6) is -0.829. The minimum atomic E-state index is -0.748. The largest absolute Gasteiger partial charge is 0.506 e. The van der Waals surface area contributed by atoms with E-state index in [4.69, 9.17) is 9.94 Å². The SMILES string of the molecule is C[C@H](CC/C=C/C(=O)NO)[C@@H](OC(=O)Nc1ccccc1)c1cc(Br)cc(Br)c1O. The molecule has 30 heavy (non-hydrogen) atoms. The van der Waals surface area contributed by atoms with Gasteiger partial charge in [-0.3, -0.25) is 15.3 Å². The molecule has 0 aliphatic heterocycles. The maximum atomic E-state index is 12.5. The normalized spacial score (nSPS) is 12.9. The van der Waals surface area contributed by atoms with Crippen molar-refractivity contribution in [3.63, 3.8) is 0 Å². The number of phenols is 1. The molecule has 2 amide bonds. The monoisotopic (exact) mass is 540 g/mol. The molecule has 0 fully saturated rings. The highest BCUT2D eigenvalue weighted by Crippen LogP contribution is 2.40. The number of ether oxygens (including phenoxy) is 1. The number of benzene rings is 2. The first-order valence-electron chi connectivity index (χ1n) is 9.13. The highest BCUT2D eigenvalue weighted by Gasteiger charge is 2.27. The van der Waals surface area contributed by atoms with Crippen molar-refractivity contribution in [3.05, 3.63) is 69.1 Å². The number of carbonyl (C=O) groups is 2. The average Bonchev–Trinajstić information content (AvgIpc) is 2.72. The Hall–Kier alpha value is -2.36. The summed E-state index contributed by atoms with van der Waals surface area (Å²) in [5.41, 5.74) is 2.56. The van der Waals surface area contributed by atoms with Crippen LogP contribution >= 0.6 is 31.9 Å². The number of hydroxylamine groups is 1. The Kier molecular flexibility index (Phi) is 9.35. The van der Waals surface area contributed by atoms with Crippen LogP contribution in [0.2, 0.25) is 0 Å². The van der Waals surface area contributed by atoms with Crippen LogP contribution in [-0.2, 0) is 9.53 Å². The zero-order valence-corrected chi connectivity index (χ0v) is 19.3. The molecular weight excluding hydrogens is 520 g/mol. The first kappa shape index (κ1) is 23.9. The highest BCUT2D eigenvalue weighted by atomic mass is 79.9. The van der Waals surface area contributed by atoms with Crippen LogP contribution < -0.4 is 10.8 Å². The number of hydrogen-bond acceptors (Lipinski definition) is 5. The van der Waals surface area contributed by atoms with E-state index in [0.29, 0.717) is 33.0 Å². The molecule has 9 heteroatoms.